The average Bonchev–Trinajstić information content (AvgIpc) is 3.24. The highest BCUT2D eigenvalue weighted by Gasteiger charge is 2.30. The fourth-order valence-electron chi connectivity index (χ4n) is 2.19. The van der Waals surface area contributed by atoms with Gasteiger partial charge in [0.05, 0.1) is 5.75 Å². The number of hydrogen-bond donors (Lipinski definition) is 2. The van der Waals surface area contributed by atoms with Crippen molar-refractivity contribution in [3.63, 3.8) is 0 Å². The molecule has 1 fully saturated rings. The number of hydrazine groups is 1. The van der Waals surface area contributed by atoms with Crippen LogP contribution in [0.1, 0.15) is 24.4 Å². The van der Waals surface area contributed by atoms with E-state index in [1.54, 1.807) is 0 Å². The highest BCUT2D eigenvalue weighted by Crippen LogP contribution is 2.41. The van der Waals surface area contributed by atoms with Crippen LogP contribution < -0.4 is 11.3 Å². The monoisotopic (exact) mass is 303 g/mol. The van der Waals surface area contributed by atoms with Crippen LogP contribution in [0.3, 0.4) is 0 Å². The first-order valence-electron chi connectivity index (χ1n) is 6.83. The number of nitrogens with zero attached hydrogens (tertiary/aromatic N) is 3. The molecule has 0 atom stereocenters. The van der Waals surface area contributed by atoms with Gasteiger partial charge >= 0.3 is 0 Å². The number of aromatic nitrogens is 3. The van der Waals surface area contributed by atoms with E-state index in [2.05, 4.69) is 39.2 Å². The normalized spacial score (nSPS) is 14.2. The van der Waals surface area contributed by atoms with Crippen LogP contribution in [-0.2, 0) is 4.79 Å². The molecule has 1 heterocycles. The molecule has 0 aliphatic heterocycles. The van der Waals surface area contributed by atoms with E-state index in [0.717, 1.165) is 29.4 Å². The highest BCUT2D eigenvalue weighted by molar-refractivity contribution is 7.99. The lowest BCUT2D eigenvalue weighted by Gasteiger charge is -2.09. The van der Waals surface area contributed by atoms with Crippen molar-refractivity contribution in [2.24, 2.45) is 5.84 Å². The fourth-order valence-corrected chi connectivity index (χ4v) is 3.01. The molecule has 3 N–H and O–H groups in total. The number of nitrogens with one attached hydrogen (secondary N) is 1. The summed E-state index contributed by atoms with van der Waals surface area (Å²) in [5.41, 5.74) is 4.38. The van der Waals surface area contributed by atoms with Crippen LogP contribution in [-0.4, -0.2) is 26.4 Å². The molecule has 2 aromatic rings. The van der Waals surface area contributed by atoms with Crippen molar-refractivity contribution in [1.29, 1.82) is 0 Å². The molecular formula is C14H17N5OS. The molecule has 1 aliphatic carbocycles. The molecule has 110 valence electrons. The topological polar surface area (TPSA) is 85.8 Å². The Hall–Kier alpha value is -1.86. The summed E-state index contributed by atoms with van der Waals surface area (Å²) < 4.78 is 2.14. The van der Waals surface area contributed by atoms with Crippen LogP contribution in [0.2, 0.25) is 0 Å². The second-order valence-corrected chi connectivity index (χ2v) is 6.08. The standard InChI is InChI=1S/C14H17N5OS/c1-9-3-2-4-10(7-9)13-17-18-14(19(13)11-5-6-11)21-8-12(20)16-15/h2-4,7,11H,5-6,8,15H2,1H3,(H,16,20). The van der Waals surface area contributed by atoms with Gasteiger partial charge in [0.2, 0.25) is 5.91 Å². The molecule has 1 aromatic carbocycles. The summed E-state index contributed by atoms with van der Waals surface area (Å²) in [6.07, 6.45) is 2.26. The predicted molar refractivity (Wildman–Crippen MR) is 81.5 cm³/mol. The molecule has 1 aromatic heterocycles. The lowest BCUT2D eigenvalue weighted by molar-refractivity contribution is -0.118. The number of carbonyl (C=O) groups excluding carboxylic acids is 1. The third-order valence-corrected chi connectivity index (χ3v) is 4.29. The second kappa shape index (κ2) is 5.87. The molecule has 1 aliphatic rings. The van der Waals surface area contributed by atoms with Crippen LogP contribution in [0.15, 0.2) is 29.4 Å². The van der Waals surface area contributed by atoms with Gasteiger partial charge < -0.3 is 0 Å². The first-order chi connectivity index (χ1) is 10.2. The Morgan fingerprint density at radius 1 is 1.48 bits per heavy atom. The first-order valence-corrected chi connectivity index (χ1v) is 7.82. The summed E-state index contributed by atoms with van der Waals surface area (Å²) in [5.74, 6) is 6.00. The number of hydrogen-bond acceptors (Lipinski definition) is 5. The summed E-state index contributed by atoms with van der Waals surface area (Å²) in [6, 6.07) is 8.66. The SMILES string of the molecule is Cc1cccc(-c2nnc(SCC(=O)NN)n2C2CC2)c1. The summed E-state index contributed by atoms with van der Waals surface area (Å²) in [5, 5.41) is 9.34. The minimum absolute atomic E-state index is 0.220. The van der Waals surface area contributed by atoms with Gasteiger partial charge in [-0.2, -0.15) is 0 Å². The molecule has 21 heavy (non-hydrogen) atoms. The third kappa shape index (κ3) is 3.08. The Kier molecular flexibility index (Phi) is 3.94. The van der Waals surface area contributed by atoms with Crippen LogP contribution in [0.5, 0.6) is 0 Å². The zero-order valence-electron chi connectivity index (χ0n) is 11.7. The van der Waals surface area contributed by atoms with Crippen LogP contribution in [0.4, 0.5) is 0 Å². The predicted octanol–water partition coefficient (Wildman–Crippen LogP) is 1.67. The van der Waals surface area contributed by atoms with Crippen molar-refractivity contribution in [2.75, 3.05) is 5.75 Å². The number of amides is 1. The van der Waals surface area contributed by atoms with E-state index in [0.29, 0.717) is 6.04 Å². The second-order valence-electron chi connectivity index (χ2n) is 5.13. The minimum Gasteiger partial charge on any atom is -0.299 e. The van der Waals surface area contributed by atoms with E-state index in [1.807, 2.05) is 12.1 Å². The lowest BCUT2D eigenvalue weighted by Crippen LogP contribution is -2.31. The Morgan fingerprint density at radius 2 is 2.29 bits per heavy atom. The smallest absolute Gasteiger partial charge is 0.244 e. The Labute approximate surface area is 127 Å². The maximum Gasteiger partial charge on any atom is 0.244 e. The van der Waals surface area contributed by atoms with Crippen molar-refractivity contribution in [2.45, 2.75) is 31.0 Å². The van der Waals surface area contributed by atoms with Crippen LogP contribution in [0.25, 0.3) is 11.4 Å². The van der Waals surface area contributed by atoms with Crippen molar-refractivity contribution in [1.82, 2.24) is 20.2 Å². The molecule has 1 saturated carbocycles. The van der Waals surface area contributed by atoms with Crippen molar-refractivity contribution < 1.29 is 4.79 Å². The van der Waals surface area contributed by atoms with Crippen LogP contribution >= 0.6 is 11.8 Å². The number of aryl methyl sites for hydroxylation is 1. The van der Waals surface area contributed by atoms with Gasteiger partial charge in [-0.1, -0.05) is 35.5 Å². The van der Waals surface area contributed by atoms with Gasteiger partial charge in [0, 0.05) is 11.6 Å². The van der Waals surface area contributed by atoms with Gasteiger partial charge in [0.25, 0.3) is 0 Å². The molecular weight excluding hydrogens is 286 g/mol. The molecule has 1 amide bonds. The third-order valence-electron chi connectivity index (χ3n) is 3.35. The molecule has 6 nitrogen and oxygen atoms in total. The number of rotatable bonds is 5. The molecule has 7 heteroatoms. The number of nitrogens with two attached hydrogens (primary N) is 1. The van der Waals surface area contributed by atoms with Gasteiger partial charge in [0.1, 0.15) is 0 Å². The van der Waals surface area contributed by atoms with Crippen molar-refractivity contribution in [3.8, 4) is 11.4 Å². The quantitative estimate of drug-likeness (QED) is 0.380. The number of benzene rings is 1. The van der Waals surface area contributed by atoms with E-state index in [4.69, 9.17) is 5.84 Å². The number of carbonyl (C=O) groups is 1. The molecule has 0 spiro atoms. The van der Waals surface area contributed by atoms with Crippen LogP contribution in [0, 0.1) is 6.92 Å². The molecule has 0 bridgehead atoms. The zero-order chi connectivity index (χ0) is 14.8. The maximum atomic E-state index is 11.3. The van der Waals surface area contributed by atoms with Crippen molar-refractivity contribution in [3.05, 3.63) is 29.8 Å². The summed E-state index contributed by atoms with van der Waals surface area (Å²) >= 11 is 1.37. The number of thioether (sulfide) groups is 1. The van der Waals surface area contributed by atoms with Gasteiger partial charge in [0.15, 0.2) is 11.0 Å². The highest BCUT2D eigenvalue weighted by atomic mass is 32.2. The summed E-state index contributed by atoms with van der Waals surface area (Å²) in [7, 11) is 0. The molecule has 3 rings (SSSR count). The molecule has 0 radical (unpaired) electrons. The maximum absolute atomic E-state index is 11.3. The van der Waals surface area contributed by atoms with Gasteiger partial charge in [-0.3, -0.25) is 14.8 Å². The Balaban J connectivity index is 1.91. The average molecular weight is 303 g/mol. The van der Waals surface area contributed by atoms with Gasteiger partial charge in [-0.15, -0.1) is 10.2 Å². The largest absolute Gasteiger partial charge is 0.299 e. The van der Waals surface area contributed by atoms with E-state index in [1.165, 1.54) is 17.3 Å². The zero-order valence-corrected chi connectivity index (χ0v) is 12.6. The lowest BCUT2D eigenvalue weighted by atomic mass is 10.1. The molecule has 0 saturated heterocycles. The van der Waals surface area contributed by atoms with Gasteiger partial charge in [-0.25, -0.2) is 5.84 Å². The summed E-state index contributed by atoms with van der Waals surface area (Å²) in [6.45, 7) is 2.06. The van der Waals surface area contributed by atoms with Crippen molar-refractivity contribution >= 4 is 17.7 Å². The van der Waals surface area contributed by atoms with E-state index in [9.17, 15) is 4.79 Å². The fraction of sp³-hybridized carbons (Fsp3) is 0.357. The first kappa shape index (κ1) is 14.1. The van der Waals surface area contributed by atoms with E-state index >= 15 is 0 Å². The van der Waals surface area contributed by atoms with E-state index < -0.39 is 0 Å². The Morgan fingerprint density at radius 3 is 2.95 bits per heavy atom. The van der Waals surface area contributed by atoms with Gasteiger partial charge in [-0.05, 0) is 25.8 Å². The Bertz CT molecular complexity index is 665. The summed E-state index contributed by atoms with van der Waals surface area (Å²) in [4.78, 5) is 11.3. The van der Waals surface area contributed by atoms with E-state index in [-0.39, 0.29) is 11.7 Å². The molecule has 0 unspecified atom stereocenters. The minimum atomic E-state index is -0.220.